The van der Waals surface area contributed by atoms with Gasteiger partial charge >= 0.3 is 0 Å². The number of hydrogen-bond acceptors (Lipinski definition) is 4. The van der Waals surface area contributed by atoms with E-state index >= 15 is 0 Å². The summed E-state index contributed by atoms with van der Waals surface area (Å²) in [4.78, 5) is 4.31. The van der Waals surface area contributed by atoms with Gasteiger partial charge in [-0.05, 0) is 49.4 Å². The Morgan fingerprint density at radius 1 is 1.05 bits per heavy atom. The predicted octanol–water partition coefficient (Wildman–Crippen LogP) is 3.88. The molecule has 0 saturated heterocycles. The summed E-state index contributed by atoms with van der Waals surface area (Å²) in [5.41, 5.74) is 9.73. The maximum absolute atomic E-state index is 6.02. The number of pyridine rings is 1. The van der Waals surface area contributed by atoms with E-state index in [1.807, 2.05) is 55.6 Å². The number of benzene rings is 2. The molecule has 0 radical (unpaired) electrons. The lowest BCUT2D eigenvalue weighted by Crippen LogP contribution is -1.95. The van der Waals surface area contributed by atoms with Crippen molar-refractivity contribution in [2.45, 2.75) is 6.92 Å². The Morgan fingerprint density at radius 2 is 1.81 bits per heavy atom. The van der Waals surface area contributed by atoms with Crippen LogP contribution in [0.5, 0.6) is 5.75 Å². The van der Waals surface area contributed by atoms with E-state index in [0.717, 1.165) is 39.3 Å². The fourth-order valence-corrected chi connectivity index (χ4v) is 2.30. The third-order valence-electron chi connectivity index (χ3n) is 3.44. The summed E-state index contributed by atoms with van der Waals surface area (Å²) in [6, 6.07) is 13.7. The van der Waals surface area contributed by atoms with Crippen molar-refractivity contribution in [2.24, 2.45) is 0 Å². The Kier molecular flexibility index (Phi) is 3.36. The van der Waals surface area contributed by atoms with E-state index in [1.54, 1.807) is 7.11 Å². The summed E-state index contributed by atoms with van der Waals surface area (Å²) in [5.74, 6) is 0.836. The number of fused-ring (bicyclic) bond motifs is 1. The highest BCUT2D eigenvalue weighted by Gasteiger charge is 2.06. The molecule has 0 aliphatic carbocycles. The lowest BCUT2D eigenvalue weighted by atomic mass is 10.1. The van der Waals surface area contributed by atoms with Gasteiger partial charge in [-0.3, -0.25) is 4.98 Å². The summed E-state index contributed by atoms with van der Waals surface area (Å²) in [6.07, 6.45) is 1.82. The lowest BCUT2D eigenvalue weighted by Gasteiger charge is -2.12. The molecule has 1 heterocycles. The highest BCUT2D eigenvalue weighted by atomic mass is 16.5. The Morgan fingerprint density at radius 3 is 2.52 bits per heavy atom. The van der Waals surface area contributed by atoms with Crippen molar-refractivity contribution in [2.75, 3.05) is 18.2 Å². The molecule has 21 heavy (non-hydrogen) atoms. The normalized spacial score (nSPS) is 10.6. The van der Waals surface area contributed by atoms with Crippen LogP contribution in [0.2, 0.25) is 0 Å². The second-order valence-corrected chi connectivity index (χ2v) is 4.93. The van der Waals surface area contributed by atoms with Crippen LogP contribution in [0.25, 0.3) is 10.8 Å². The van der Waals surface area contributed by atoms with Crippen LogP contribution in [0.3, 0.4) is 0 Å². The summed E-state index contributed by atoms with van der Waals surface area (Å²) >= 11 is 0. The van der Waals surface area contributed by atoms with Crippen molar-refractivity contribution >= 4 is 27.8 Å². The lowest BCUT2D eigenvalue weighted by molar-refractivity contribution is 0.415. The molecule has 3 aromatic rings. The minimum Gasteiger partial charge on any atom is -0.497 e. The van der Waals surface area contributed by atoms with Gasteiger partial charge < -0.3 is 15.8 Å². The van der Waals surface area contributed by atoms with E-state index < -0.39 is 0 Å². The fourth-order valence-electron chi connectivity index (χ4n) is 2.30. The molecule has 0 aliphatic rings. The summed E-state index contributed by atoms with van der Waals surface area (Å²) in [7, 11) is 1.66. The molecule has 1 aromatic heterocycles. The van der Waals surface area contributed by atoms with Gasteiger partial charge in [0.1, 0.15) is 5.75 Å². The van der Waals surface area contributed by atoms with Crippen LogP contribution in [0.15, 0.2) is 48.7 Å². The summed E-state index contributed by atoms with van der Waals surface area (Å²) < 4.78 is 5.17. The smallest absolute Gasteiger partial charge is 0.119 e. The topological polar surface area (TPSA) is 60.2 Å². The van der Waals surface area contributed by atoms with Gasteiger partial charge in [0.2, 0.25) is 0 Å². The number of aromatic nitrogens is 1. The average molecular weight is 279 g/mol. The molecule has 106 valence electrons. The number of nitrogens with zero attached hydrogens (tertiary/aromatic N) is 1. The van der Waals surface area contributed by atoms with Crippen LogP contribution in [0, 0.1) is 6.92 Å². The number of anilines is 3. The molecule has 0 unspecified atom stereocenters. The third-order valence-corrected chi connectivity index (χ3v) is 3.44. The predicted molar refractivity (Wildman–Crippen MR) is 87.2 cm³/mol. The molecule has 0 aliphatic heterocycles. The first-order chi connectivity index (χ1) is 10.2. The van der Waals surface area contributed by atoms with E-state index in [1.165, 1.54) is 0 Å². The van der Waals surface area contributed by atoms with E-state index in [-0.39, 0.29) is 0 Å². The van der Waals surface area contributed by atoms with Crippen molar-refractivity contribution in [1.82, 2.24) is 4.98 Å². The second kappa shape index (κ2) is 5.32. The molecule has 2 aromatic carbocycles. The molecule has 4 heteroatoms. The zero-order chi connectivity index (χ0) is 14.8. The first kappa shape index (κ1) is 13.2. The Bertz CT molecular complexity index is 782. The van der Waals surface area contributed by atoms with Crippen LogP contribution in [0.1, 0.15) is 5.69 Å². The number of rotatable bonds is 3. The third kappa shape index (κ3) is 2.60. The molecule has 0 bridgehead atoms. The van der Waals surface area contributed by atoms with E-state index in [0.29, 0.717) is 0 Å². The van der Waals surface area contributed by atoms with Gasteiger partial charge in [-0.25, -0.2) is 0 Å². The highest BCUT2D eigenvalue weighted by Crippen LogP contribution is 2.30. The molecule has 4 nitrogen and oxygen atoms in total. The Hall–Kier alpha value is -2.75. The van der Waals surface area contributed by atoms with E-state index in [9.17, 15) is 0 Å². The number of methoxy groups -OCH3 is 1. The van der Waals surface area contributed by atoms with Gasteiger partial charge in [-0.2, -0.15) is 0 Å². The monoisotopic (exact) mass is 279 g/mol. The van der Waals surface area contributed by atoms with Crippen molar-refractivity contribution in [3.63, 3.8) is 0 Å². The van der Waals surface area contributed by atoms with Gasteiger partial charge in [0.15, 0.2) is 0 Å². The van der Waals surface area contributed by atoms with Crippen molar-refractivity contribution in [3.05, 3.63) is 54.4 Å². The number of ether oxygens (including phenoxy) is 1. The van der Waals surface area contributed by atoms with Crippen molar-refractivity contribution in [3.8, 4) is 5.75 Å². The van der Waals surface area contributed by atoms with Crippen LogP contribution < -0.4 is 15.8 Å². The number of nitrogens with one attached hydrogen (secondary N) is 1. The number of nitrogen functional groups attached to an aromatic ring is 1. The molecule has 0 spiro atoms. The largest absolute Gasteiger partial charge is 0.497 e. The molecule has 3 rings (SSSR count). The number of nitrogens with two attached hydrogens (primary N) is 1. The molecule has 0 atom stereocenters. The van der Waals surface area contributed by atoms with Gasteiger partial charge in [0.25, 0.3) is 0 Å². The van der Waals surface area contributed by atoms with E-state index in [2.05, 4.69) is 10.3 Å². The zero-order valence-electron chi connectivity index (χ0n) is 12.1. The van der Waals surface area contributed by atoms with Crippen LogP contribution in [-0.4, -0.2) is 12.1 Å². The standard InChI is InChI=1S/C17H17N3O/c1-11-9-14-15(10-19-11)16(18)7-8-17(14)20-12-3-5-13(21-2)6-4-12/h3-10,20H,18H2,1-2H3. The minimum absolute atomic E-state index is 0.734. The average Bonchev–Trinajstić information content (AvgIpc) is 2.51. The van der Waals surface area contributed by atoms with Crippen LogP contribution >= 0.6 is 0 Å². The molecular weight excluding hydrogens is 262 g/mol. The number of aryl methyl sites for hydroxylation is 1. The summed E-state index contributed by atoms with van der Waals surface area (Å²) in [5, 5.41) is 5.44. The Labute approximate surface area is 123 Å². The van der Waals surface area contributed by atoms with E-state index in [4.69, 9.17) is 10.5 Å². The van der Waals surface area contributed by atoms with Crippen molar-refractivity contribution < 1.29 is 4.74 Å². The first-order valence-electron chi connectivity index (χ1n) is 6.73. The molecule has 3 N–H and O–H groups in total. The quantitative estimate of drug-likeness (QED) is 0.714. The van der Waals surface area contributed by atoms with Crippen molar-refractivity contribution in [1.29, 1.82) is 0 Å². The fraction of sp³-hybridized carbons (Fsp3) is 0.118. The first-order valence-corrected chi connectivity index (χ1v) is 6.73. The maximum Gasteiger partial charge on any atom is 0.119 e. The molecule has 0 amide bonds. The SMILES string of the molecule is COc1ccc(Nc2ccc(N)c3cnc(C)cc23)cc1. The molecule has 0 saturated carbocycles. The summed E-state index contributed by atoms with van der Waals surface area (Å²) in [6.45, 7) is 1.97. The highest BCUT2D eigenvalue weighted by molar-refractivity contribution is 6.01. The second-order valence-electron chi connectivity index (χ2n) is 4.93. The zero-order valence-corrected chi connectivity index (χ0v) is 12.1. The Balaban J connectivity index is 2.03. The van der Waals surface area contributed by atoms with Gasteiger partial charge in [0.05, 0.1) is 7.11 Å². The molecular formula is C17H17N3O. The van der Waals surface area contributed by atoms with Gasteiger partial charge in [-0.1, -0.05) is 0 Å². The van der Waals surface area contributed by atoms with Gasteiger partial charge in [0, 0.05) is 39.7 Å². The minimum atomic E-state index is 0.734. The van der Waals surface area contributed by atoms with Gasteiger partial charge in [-0.15, -0.1) is 0 Å². The number of hydrogen-bond donors (Lipinski definition) is 2. The maximum atomic E-state index is 6.02. The van der Waals surface area contributed by atoms with Crippen LogP contribution in [-0.2, 0) is 0 Å². The van der Waals surface area contributed by atoms with Crippen LogP contribution in [0.4, 0.5) is 17.1 Å². The molecule has 0 fully saturated rings.